The minimum atomic E-state index is -3.36. The average molecular weight is 296 g/mol. The van der Waals surface area contributed by atoms with Crippen molar-refractivity contribution in [3.05, 3.63) is 23.3 Å². The predicted molar refractivity (Wildman–Crippen MR) is 82.6 cm³/mol. The topological polar surface area (TPSA) is 49.4 Å². The molecule has 1 aromatic carbocycles. The van der Waals surface area contributed by atoms with Gasteiger partial charge in [-0.15, -0.1) is 0 Å². The molecule has 112 valence electrons. The fourth-order valence-corrected chi connectivity index (χ4v) is 4.92. The summed E-state index contributed by atoms with van der Waals surface area (Å²) in [6.45, 7) is 7.17. The van der Waals surface area contributed by atoms with Gasteiger partial charge in [-0.1, -0.05) is 13.3 Å². The Hall–Kier alpha value is -1.07. The molecule has 2 rings (SSSR count). The molecule has 0 amide bonds. The molecule has 1 atom stereocenters. The second-order valence-electron chi connectivity index (χ2n) is 5.62. The van der Waals surface area contributed by atoms with Crippen LogP contribution in [0.3, 0.4) is 0 Å². The van der Waals surface area contributed by atoms with E-state index in [4.69, 9.17) is 0 Å². The van der Waals surface area contributed by atoms with Crippen molar-refractivity contribution in [1.29, 1.82) is 0 Å². The summed E-state index contributed by atoms with van der Waals surface area (Å²) in [6, 6.07) is 3.79. The van der Waals surface area contributed by atoms with Crippen LogP contribution >= 0.6 is 0 Å². The highest BCUT2D eigenvalue weighted by atomic mass is 32.2. The van der Waals surface area contributed by atoms with E-state index in [1.54, 1.807) is 4.31 Å². The van der Waals surface area contributed by atoms with Crippen molar-refractivity contribution in [2.45, 2.75) is 38.5 Å². The van der Waals surface area contributed by atoms with Gasteiger partial charge in [0, 0.05) is 25.8 Å². The molecular formula is C15H24N2O2S. The molecular weight excluding hydrogens is 272 g/mol. The monoisotopic (exact) mass is 296 g/mol. The van der Waals surface area contributed by atoms with Gasteiger partial charge >= 0.3 is 0 Å². The Labute approximate surface area is 122 Å². The van der Waals surface area contributed by atoms with Crippen LogP contribution in [0.25, 0.3) is 0 Å². The van der Waals surface area contributed by atoms with Gasteiger partial charge in [-0.3, -0.25) is 0 Å². The predicted octanol–water partition coefficient (Wildman–Crippen LogP) is 2.77. The van der Waals surface area contributed by atoms with Gasteiger partial charge in [0.25, 0.3) is 0 Å². The average Bonchev–Trinajstić information content (AvgIpc) is 2.86. The lowest BCUT2D eigenvalue weighted by Crippen LogP contribution is -2.30. The van der Waals surface area contributed by atoms with E-state index in [9.17, 15) is 8.42 Å². The molecule has 1 aromatic rings. The van der Waals surface area contributed by atoms with Crippen molar-refractivity contribution in [3.8, 4) is 0 Å². The third-order valence-corrected chi connectivity index (χ3v) is 6.34. The summed E-state index contributed by atoms with van der Waals surface area (Å²) >= 11 is 0. The lowest BCUT2D eigenvalue weighted by atomic mass is 10.1. The number of benzene rings is 1. The molecule has 20 heavy (non-hydrogen) atoms. The molecule has 0 spiro atoms. The maximum Gasteiger partial charge on any atom is 0.243 e. The van der Waals surface area contributed by atoms with E-state index in [1.807, 2.05) is 33.0 Å². The fraction of sp³-hybridized carbons (Fsp3) is 0.600. The molecule has 0 aliphatic carbocycles. The number of nitrogens with one attached hydrogen (secondary N) is 1. The number of anilines is 1. The molecule has 0 saturated carbocycles. The first-order chi connectivity index (χ1) is 9.40. The highest BCUT2D eigenvalue weighted by Gasteiger charge is 2.33. The smallest absolute Gasteiger partial charge is 0.243 e. The normalized spacial score (nSPS) is 20.3. The third kappa shape index (κ3) is 2.69. The summed E-state index contributed by atoms with van der Waals surface area (Å²) in [7, 11) is -1.52. The Morgan fingerprint density at radius 2 is 1.90 bits per heavy atom. The summed E-state index contributed by atoms with van der Waals surface area (Å²) in [5.41, 5.74) is 2.58. The SMILES string of the molecule is CCC1CCN(S(=O)(=O)c2c(C)cc(NC)cc2C)C1. The summed E-state index contributed by atoms with van der Waals surface area (Å²) in [5, 5.41) is 3.06. The van der Waals surface area contributed by atoms with Gasteiger partial charge in [-0.05, 0) is 49.4 Å². The second kappa shape index (κ2) is 5.74. The zero-order valence-corrected chi connectivity index (χ0v) is 13.5. The number of aryl methyl sites for hydroxylation is 2. The van der Waals surface area contributed by atoms with Crippen molar-refractivity contribution in [2.24, 2.45) is 5.92 Å². The van der Waals surface area contributed by atoms with Gasteiger partial charge in [0.2, 0.25) is 10.0 Å². The van der Waals surface area contributed by atoms with Crippen LogP contribution in [-0.2, 0) is 10.0 Å². The molecule has 0 aromatic heterocycles. The summed E-state index contributed by atoms with van der Waals surface area (Å²) < 4.78 is 27.3. The van der Waals surface area contributed by atoms with Gasteiger partial charge in [0.15, 0.2) is 0 Å². The van der Waals surface area contributed by atoms with E-state index in [-0.39, 0.29) is 0 Å². The van der Waals surface area contributed by atoms with E-state index in [2.05, 4.69) is 12.2 Å². The largest absolute Gasteiger partial charge is 0.388 e. The highest BCUT2D eigenvalue weighted by molar-refractivity contribution is 7.89. The van der Waals surface area contributed by atoms with E-state index in [0.29, 0.717) is 23.9 Å². The Kier molecular flexibility index (Phi) is 4.39. The minimum absolute atomic E-state index is 0.480. The Morgan fingerprint density at radius 3 is 2.35 bits per heavy atom. The Bertz CT molecular complexity index is 573. The van der Waals surface area contributed by atoms with E-state index < -0.39 is 10.0 Å². The molecule has 1 heterocycles. The minimum Gasteiger partial charge on any atom is -0.388 e. The third-order valence-electron chi connectivity index (χ3n) is 4.17. The lowest BCUT2D eigenvalue weighted by molar-refractivity contribution is 0.452. The molecule has 1 fully saturated rings. The van der Waals surface area contributed by atoms with Crippen molar-refractivity contribution >= 4 is 15.7 Å². The van der Waals surface area contributed by atoms with Crippen LogP contribution in [0.5, 0.6) is 0 Å². The molecule has 1 N–H and O–H groups in total. The number of sulfonamides is 1. The van der Waals surface area contributed by atoms with Gasteiger partial charge < -0.3 is 5.32 Å². The highest BCUT2D eigenvalue weighted by Crippen LogP contribution is 2.31. The van der Waals surface area contributed by atoms with Crippen LogP contribution < -0.4 is 5.32 Å². The molecule has 0 bridgehead atoms. The van der Waals surface area contributed by atoms with E-state index in [0.717, 1.165) is 29.7 Å². The van der Waals surface area contributed by atoms with Gasteiger partial charge in [-0.25, -0.2) is 8.42 Å². The molecule has 4 nitrogen and oxygen atoms in total. The van der Waals surface area contributed by atoms with Crippen LogP contribution in [0.15, 0.2) is 17.0 Å². The molecule has 1 saturated heterocycles. The zero-order valence-electron chi connectivity index (χ0n) is 12.7. The fourth-order valence-electron chi connectivity index (χ4n) is 2.98. The van der Waals surface area contributed by atoms with Crippen LogP contribution in [0.4, 0.5) is 5.69 Å². The van der Waals surface area contributed by atoms with Crippen molar-refractivity contribution in [1.82, 2.24) is 4.31 Å². The maximum atomic E-state index is 12.8. The first-order valence-corrected chi connectivity index (χ1v) is 8.63. The van der Waals surface area contributed by atoms with Gasteiger partial charge in [0.1, 0.15) is 0 Å². The molecule has 1 unspecified atom stereocenters. The van der Waals surface area contributed by atoms with E-state index in [1.165, 1.54) is 0 Å². The van der Waals surface area contributed by atoms with Crippen molar-refractivity contribution in [3.63, 3.8) is 0 Å². The molecule has 1 aliphatic rings. The Morgan fingerprint density at radius 1 is 1.30 bits per heavy atom. The van der Waals surface area contributed by atoms with Crippen LogP contribution in [0.2, 0.25) is 0 Å². The molecule has 5 heteroatoms. The van der Waals surface area contributed by atoms with Crippen molar-refractivity contribution < 1.29 is 8.42 Å². The van der Waals surface area contributed by atoms with Gasteiger partial charge in [-0.2, -0.15) is 4.31 Å². The van der Waals surface area contributed by atoms with E-state index >= 15 is 0 Å². The van der Waals surface area contributed by atoms with Crippen LogP contribution in [-0.4, -0.2) is 32.9 Å². The Balaban J connectivity index is 2.40. The quantitative estimate of drug-likeness (QED) is 0.929. The summed E-state index contributed by atoms with van der Waals surface area (Å²) in [6.07, 6.45) is 2.02. The zero-order chi connectivity index (χ0) is 14.9. The first-order valence-electron chi connectivity index (χ1n) is 7.19. The molecule has 0 radical (unpaired) electrons. The standard InChI is InChI=1S/C15H24N2O2S/c1-5-13-6-7-17(10-13)20(18,19)15-11(2)8-14(16-4)9-12(15)3/h8-9,13,16H,5-7,10H2,1-4H3. The van der Waals surface area contributed by atoms with Crippen LogP contribution in [0, 0.1) is 19.8 Å². The summed E-state index contributed by atoms with van der Waals surface area (Å²) in [5.74, 6) is 0.502. The first kappa shape index (κ1) is 15.3. The number of hydrogen-bond donors (Lipinski definition) is 1. The number of nitrogens with zero attached hydrogens (tertiary/aromatic N) is 1. The molecule has 1 aliphatic heterocycles. The van der Waals surface area contributed by atoms with Crippen LogP contribution in [0.1, 0.15) is 30.9 Å². The second-order valence-corrected chi connectivity index (χ2v) is 7.49. The maximum absolute atomic E-state index is 12.8. The van der Waals surface area contributed by atoms with Gasteiger partial charge in [0.05, 0.1) is 4.90 Å². The van der Waals surface area contributed by atoms with Crippen molar-refractivity contribution in [2.75, 3.05) is 25.5 Å². The number of rotatable bonds is 4. The number of hydrogen-bond acceptors (Lipinski definition) is 3. The summed E-state index contributed by atoms with van der Waals surface area (Å²) in [4.78, 5) is 0.480. The lowest BCUT2D eigenvalue weighted by Gasteiger charge is -2.20.